The summed E-state index contributed by atoms with van der Waals surface area (Å²) in [6, 6.07) is 5.19. The maximum absolute atomic E-state index is 10.9. The van der Waals surface area contributed by atoms with Gasteiger partial charge in [0.2, 0.25) is 0 Å². The zero-order valence-corrected chi connectivity index (χ0v) is 8.12. The highest BCUT2D eigenvalue weighted by atomic mass is 16.5. The van der Waals surface area contributed by atoms with E-state index in [0.717, 1.165) is 6.29 Å². The fraction of sp³-hybridized carbons (Fsp3) is 0.100. The van der Waals surface area contributed by atoms with Gasteiger partial charge >= 0.3 is 0 Å². The van der Waals surface area contributed by atoms with Gasteiger partial charge in [-0.15, -0.1) is 0 Å². The van der Waals surface area contributed by atoms with Gasteiger partial charge in [0.1, 0.15) is 18.4 Å². The highest BCUT2D eigenvalue weighted by Crippen LogP contribution is 2.18. The Morgan fingerprint density at radius 2 is 2.33 bits per heavy atom. The molecule has 5 heteroatoms. The highest BCUT2D eigenvalue weighted by Gasteiger charge is 2.05. The topological polar surface area (TPSA) is 57.0 Å². The van der Waals surface area contributed by atoms with Gasteiger partial charge in [-0.25, -0.2) is 9.67 Å². The first kappa shape index (κ1) is 9.39. The van der Waals surface area contributed by atoms with Gasteiger partial charge in [-0.05, 0) is 18.2 Å². The van der Waals surface area contributed by atoms with Crippen LogP contribution in [0.1, 0.15) is 10.4 Å². The van der Waals surface area contributed by atoms with Gasteiger partial charge in [0.25, 0.3) is 0 Å². The third kappa shape index (κ3) is 1.71. The molecule has 0 saturated carbocycles. The third-order valence-electron chi connectivity index (χ3n) is 2.03. The van der Waals surface area contributed by atoms with Crippen molar-refractivity contribution in [3.8, 4) is 11.4 Å². The Morgan fingerprint density at radius 3 is 2.93 bits per heavy atom. The zero-order valence-electron chi connectivity index (χ0n) is 8.12. The lowest BCUT2D eigenvalue weighted by Crippen LogP contribution is -1.99. The molecule has 0 N–H and O–H groups in total. The van der Waals surface area contributed by atoms with Crippen LogP contribution in [-0.2, 0) is 0 Å². The lowest BCUT2D eigenvalue weighted by atomic mass is 10.2. The summed E-state index contributed by atoms with van der Waals surface area (Å²) in [6.07, 6.45) is 3.72. The van der Waals surface area contributed by atoms with Crippen molar-refractivity contribution >= 4 is 6.29 Å². The Balaban J connectivity index is 2.52. The number of aromatic nitrogens is 3. The number of hydrogen-bond acceptors (Lipinski definition) is 4. The monoisotopic (exact) mass is 203 g/mol. The van der Waals surface area contributed by atoms with Crippen LogP contribution in [-0.4, -0.2) is 28.2 Å². The first-order valence-corrected chi connectivity index (χ1v) is 4.33. The summed E-state index contributed by atoms with van der Waals surface area (Å²) in [7, 11) is 1.55. The Morgan fingerprint density at radius 1 is 1.47 bits per heavy atom. The van der Waals surface area contributed by atoms with Crippen molar-refractivity contribution in [2.45, 2.75) is 0 Å². The van der Waals surface area contributed by atoms with Crippen LogP contribution in [0, 0.1) is 0 Å². The van der Waals surface area contributed by atoms with E-state index in [9.17, 15) is 4.79 Å². The van der Waals surface area contributed by atoms with Crippen LogP contribution in [0.25, 0.3) is 5.69 Å². The van der Waals surface area contributed by atoms with Crippen molar-refractivity contribution in [3.05, 3.63) is 36.4 Å². The number of nitrogens with zero attached hydrogens (tertiary/aromatic N) is 3. The minimum atomic E-state index is 0.514. The van der Waals surface area contributed by atoms with Gasteiger partial charge in [-0.1, -0.05) is 0 Å². The van der Waals surface area contributed by atoms with Crippen LogP contribution < -0.4 is 4.74 Å². The maximum Gasteiger partial charge on any atom is 0.152 e. The molecule has 0 fully saturated rings. The van der Waals surface area contributed by atoms with E-state index >= 15 is 0 Å². The van der Waals surface area contributed by atoms with Gasteiger partial charge in [-0.3, -0.25) is 4.79 Å². The van der Waals surface area contributed by atoms with Gasteiger partial charge in [0.15, 0.2) is 6.29 Å². The quantitative estimate of drug-likeness (QED) is 0.700. The molecule has 0 amide bonds. The van der Waals surface area contributed by atoms with Gasteiger partial charge in [0, 0.05) is 5.56 Å². The number of carbonyl (C=O) groups excluding carboxylic acids is 1. The van der Waals surface area contributed by atoms with E-state index in [1.165, 1.54) is 17.3 Å². The largest absolute Gasteiger partial charge is 0.497 e. The number of aldehydes is 1. The fourth-order valence-corrected chi connectivity index (χ4v) is 1.30. The Labute approximate surface area is 86.3 Å². The van der Waals surface area contributed by atoms with E-state index < -0.39 is 0 Å². The summed E-state index contributed by atoms with van der Waals surface area (Å²) in [5.74, 6) is 0.640. The predicted octanol–water partition coefficient (Wildman–Crippen LogP) is 1.09. The number of methoxy groups -OCH3 is 1. The first-order valence-electron chi connectivity index (χ1n) is 4.33. The first-order chi connectivity index (χ1) is 7.35. The molecule has 1 aromatic carbocycles. The smallest absolute Gasteiger partial charge is 0.152 e. The van der Waals surface area contributed by atoms with Crippen molar-refractivity contribution in [1.82, 2.24) is 14.8 Å². The lowest BCUT2D eigenvalue weighted by molar-refractivity contribution is 0.112. The number of benzene rings is 1. The minimum absolute atomic E-state index is 0.514. The van der Waals surface area contributed by atoms with E-state index in [0.29, 0.717) is 17.0 Å². The number of ether oxygens (including phenoxy) is 1. The molecular weight excluding hydrogens is 194 g/mol. The zero-order chi connectivity index (χ0) is 10.7. The van der Waals surface area contributed by atoms with Crippen molar-refractivity contribution in [2.75, 3.05) is 7.11 Å². The number of rotatable bonds is 3. The van der Waals surface area contributed by atoms with Gasteiger partial charge < -0.3 is 4.74 Å². The molecule has 0 unspecified atom stereocenters. The molecule has 1 aromatic heterocycles. The molecule has 0 atom stereocenters. The molecule has 5 nitrogen and oxygen atoms in total. The normalized spacial score (nSPS) is 9.93. The summed E-state index contributed by atoms with van der Waals surface area (Å²) in [4.78, 5) is 14.7. The summed E-state index contributed by atoms with van der Waals surface area (Å²) < 4.78 is 6.56. The average molecular weight is 203 g/mol. The molecule has 15 heavy (non-hydrogen) atoms. The van der Waals surface area contributed by atoms with E-state index in [-0.39, 0.29) is 0 Å². The highest BCUT2D eigenvalue weighted by molar-refractivity contribution is 5.81. The molecule has 1 heterocycles. The van der Waals surface area contributed by atoms with Crippen LogP contribution in [0.3, 0.4) is 0 Å². The molecule has 0 bridgehead atoms. The molecule has 2 aromatic rings. The van der Waals surface area contributed by atoms with Gasteiger partial charge in [-0.2, -0.15) is 5.10 Å². The van der Waals surface area contributed by atoms with E-state index in [1.807, 2.05) is 0 Å². The number of hydrogen-bond donors (Lipinski definition) is 0. The Bertz CT molecular complexity index is 466. The summed E-state index contributed by atoms with van der Waals surface area (Å²) in [6.45, 7) is 0. The van der Waals surface area contributed by atoms with Crippen molar-refractivity contribution in [1.29, 1.82) is 0 Å². The van der Waals surface area contributed by atoms with Crippen LogP contribution in [0.15, 0.2) is 30.9 Å². The van der Waals surface area contributed by atoms with Crippen molar-refractivity contribution in [3.63, 3.8) is 0 Å². The third-order valence-corrected chi connectivity index (χ3v) is 2.03. The van der Waals surface area contributed by atoms with E-state index in [2.05, 4.69) is 10.1 Å². The summed E-state index contributed by atoms with van der Waals surface area (Å²) >= 11 is 0. The van der Waals surface area contributed by atoms with Crippen molar-refractivity contribution in [2.24, 2.45) is 0 Å². The molecule has 2 rings (SSSR count). The van der Waals surface area contributed by atoms with Crippen LogP contribution in [0.5, 0.6) is 5.75 Å². The number of carbonyl (C=O) groups is 1. The molecule has 0 aliphatic carbocycles. The molecule has 0 saturated heterocycles. The summed E-state index contributed by atoms with van der Waals surface area (Å²) in [5.41, 5.74) is 1.20. The second-order valence-corrected chi connectivity index (χ2v) is 2.88. The fourth-order valence-electron chi connectivity index (χ4n) is 1.30. The molecule has 0 aliphatic heterocycles. The van der Waals surface area contributed by atoms with Crippen LogP contribution in [0.4, 0.5) is 0 Å². The standard InChI is InChI=1S/C10H9N3O2/c1-15-9-2-3-10(8(4-9)5-14)13-7-11-6-12-13/h2-7H,1H3. The molecular formula is C10H9N3O2. The van der Waals surface area contributed by atoms with E-state index in [1.54, 1.807) is 25.3 Å². The maximum atomic E-state index is 10.9. The second kappa shape index (κ2) is 3.91. The molecule has 0 radical (unpaired) electrons. The lowest BCUT2D eigenvalue weighted by Gasteiger charge is -2.06. The Kier molecular flexibility index (Phi) is 2.45. The molecule has 0 aliphatic rings. The predicted molar refractivity (Wildman–Crippen MR) is 53.3 cm³/mol. The van der Waals surface area contributed by atoms with E-state index in [4.69, 9.17) is 4.74 Å². The van der Waals surface area contributed by atoms with Gasteiger partial charge in [0.05, 0.1) is 12.8 Å². The molecule has 76 valence electrons. The average Bonchev–Trinajstić information content (AvgIpc) is 2.81. The van der Waals surface area contributed by atoms with Crippen LogP contribution in [0.2, 0.25) is 0 Å². The second-order valence-electron chi connectivity index (χ2n) is 2.88. The molecule has 0 spiro atoms. The van der Waals surface area contributed by atoms with Crippen LogP contribution >= 0.6 is 0 Å². The minimum Gasteiger partial charge on any atom is -0.497 e. The SMILES string of the molecule is COc1ccc(-n2cncn2)c(C=O)c1. The van der Waals surface area contributed by atoms with Crippen molar-refractivity contribution < 1.29 is 9.53 Å². The summed E-state index contributed by atoms with van der Waals surface area (Å²) in [5, 5.41) is 3.96. The Hall–Kier alpha value is -2.17.